The summed E-state index contributed by atoms with van der Waals surface area (Å²) >= 11 is 0. The quantitative estimate of drug-likeness (QED) is 0.788. The number of alkyl halides is 3. The van der Waals surface area contributed by atoms with Crippen LogP contribution in [0.2, 0.25) is 0 Å². The second-order valence-corrected chi connectivity index (χ2v) is 6.16. The van der Waals surface area contributed by atoms with Crippen LogP contribution in [0.15, 0.2) is 28.8 Å². The highest BCUT2D eigenvalue weighted by Crippen LogP contribution is 2.32. The van der Waals surface area contributed by atoms with Gasteiger partial charge in [0, 0.05) is 12.1 Å². The number of hydrogen-bond donors (Lipinski definition) is 2. The van der Waals surface area contributed by atoms with E-state index in [1.54, 1.807) is 6.92 Å². The summed E-state index contributed by atoms with van der Waals surface area (Å²) in [5, 5.41) is 16.4. The van der Waals surface area contributed by atoms with Crippen LogP contribution in [0.5, 0.6) is 0 Å². The van der Waals surface area contributed by atoms with Crippen LogP contribution in [0, 0.1) is 5.92 Å². The minimum Gasteiger partial charge on any atom is -0.392 e. The molecule has 0 fully saturated rings. The SMILES string of the molecule is CCC(C)C(NCC(C)O)c1nc(-c2cccc(C(F)(F)F)c2)no1. The zero-order chi connectivity index (χ0) is 18.6. The van der Waals surface area contributed by atoms with Gasteiger partial charge in [-0.3, -0.25) is 0 Å². The van der Waals surface area contributed by atoms with E-state index in [2.05, 4.69) is 15.5 Å². The molecule has 0 aliphatic heterocycles. The highest BCUT2D eigenvalue weighted by Gasteiger charge is 2.31. The van der Waals surface area contributed by atoms with Gasteiger partial charge >= 0.3 is 6.18 Å². The first-order valence-electron chi connectivity index (χ1n) is 8.15. The summed E-state index contributed by atoms with van der Waals surface area (Å²) in [6.07, 6.45) is -4.14. The van der Waals surface area contributed by atoms with Crippen LogP contribution < -0.4 is 5.32 Å². The van der Waals surface area contributed by atoms with Gasteiger partial charge in [-0.05, 0) is 25.0 Å². The van der Waals surface area contributed by atoms with Crippen LogP contribution in [0.4, 0.5) is 13.2 Å². The molecule has 0 aliphatic rings. The molecule has 2 rings (SSSR count). The molecule has 0 saturated carbocycles. The topological polar surface area (TPSA) is 71.2 Å². The van der Waals surface area contributed by atoms with E-state index < -0.39 is 17.8 Å². The lowest BCUT2D eigenvalue weighted by Crippen LogP contribution is -2.32. The molecule has 0 radical (unpaired) electrons. The number of halogens is 3. The molecule has 1 heterocycles. The Kier molecular flexibility index (Phi) is 6.18. The van der Waals surface area contributed by atoms with Crippen molar-refractivity contribution in [1.29, 1.82) is 0 Å². The molecule has 3 unspecified atom stereocenters. The van der Waals surface area contributed by atoms with E-state index in [4.69, 9.17) is 4.52 Å². The third-order valence-corrected chi connectivity index (χ3v) is 4.00. The first-order chi connectivity index (χ1) is 11.7. The van der Waals surface area contributed by atoms with Gasteiger partial charge in [0.25, 0.3) is 0 Å². The second-order valence-electron chi connectivity index (χ2n) is 6.16. The first-order valence-corrected chi connectivity index (χ1v) is 8.15. The maximum absolute atomic E-state index is 12.8. The van der Waals surface area contributed by atoms with Crippen molar-refractivity contribution in [2.75, 3.05) is 6.54 Å². The zero-order valence-electron chi connectivity index (χ0n) is 14.3. The van der Waals surface area contributed by atoms with Crippen LogP contribution in [-0.2, 0) is 6.18 Å². The van der Waals surface area contributed by atoms with Gasteiger partial charge in [-0.1, -0.05) is 37.6 Å². The van der Waals surface area contributed by atoms with E-state index in [1.807, 2.05) is 13.8 Å². The van der Waals surface area contributed by atoms with Gasteiger partial charge in [-0.2, -0.15) is 18.2 Å². The van der Waals surface area contributed by atoms with Crippen LogP contribution in [-0.4, -0.2) is 27.9 Å². The Labute approximate surface area is 144 Å². The third-order valence-electron chi connectivity index (χ3n) is 4.00. The van der Waals surface area contributed by atoms with E-state index in [1.165, 1.54) is 12.1 Å². The average Bonchev–Trinajstić information content (AvgIpc) is 3.03. The van der Waals surface area contributed by atoms with Crippen molar-refractivity contribution < 1.29 is 22.8 Å². The zero-order valence-corrected chi connectivity index (χ0v) is 14.3. The molecule has 5 nitrogen and oxygen atoms in total. The van der Waals surface area contributed by atoms with Gasteiger partial charge in [0.15, 0.2) is 0 Å². The number of aliphatic hydroxyl groups is 1. The molecule has 25 heavy (non-hydrogen) atoms. The highest BCUT2D eigenvalue weighted by molar-refractivity contribution is 5.55. The van der Waals surface area contributed by atoms with Crippen LogP contribution in [0.1, 0.15) is 44.7 Å². The maximum Gasteiger partial charge on any atom is 0.416 e. The molecule has 0 amide bonds. The van der Waals surface area contributed by atoms with Crippen molar-refractivity contribution in [3.05, 3.63) is 35.7 Å². The molecule has 1 aromatic carbocycles. The van der Waals surface area contributed by atoms with Gasteiger partial charge in [-0.15, -0.1) is 0 Å². The number of aliphatic hydroxyl groups excluding tert-OH is 1. The molecular weight excluding hydrogens is 335 g/mol. The molecule has 138 valence electrons. The summed E-state index contributed by atoms with van der Waals surface area (Å²) < 4.78 is 43.8. The molecule has 2 aromatic rings. The fraction of sp³-hybridized carbons (Fsp3) is 0.529. The first kappa shape index (κ1) is 19.4. The number of aromatic nitrogens is 2. The summed E-state index contributed by atoms with van der Waals surface area (Å²) in [7, 11) is 0. The maximum atomic E-state index is 12.8. The van der Waals surface area contributed by atoms with E-state index in [0.717, 1.165) is 18.6 Å². The Hall–Kier alpha value is -1.93. The van der Waals surface area contributed by atoms with E-state index in [0.29, 0.717) is 12.4 Å². The Morgan fingerprint density at radius 2 is 2.00 bits per heavy atom. The monoisotopic (exact) mass is 357 g/mol. The van der Waals surface area contributed by atoms with Crippen LogP contribution in [0.3, 0.4) is 0 Å². The highest BCUT2D eigenvalue weighted by atomic mass is 19.4. The van der Waals surface area contributed by atoms with E-state index in [-0.39, 0.29) is 23.3 Å². The Balaban J connectivity index is 2.28. The molecule has 3 atom stereocenters. The van der Waals surface area contributed by atoms with Crippen LogP contribution in [0.25, 0.3) is 11.4 Å². The molecule has 1 aromatic heterocycles. The molecule has 0 saturated heterocycles. The van der Waals surface area contributed by atoms with Gasteiger partial charge in [0.2, 0.25) is 11.7 Å². The van der Waals surface area contributed by atoms with Crippen molar-refractivity contribution >= 4 is 0 Å². The predicted molar refractivity (Wildman–Crippen MR) is 86.6 cm³/mol. The van der Waals surface area contributed by atoms with E-state index in [9.17, 15) is 18.3 Å². The number of nitrogens with one attached hydrogen (secondary N) is 1. The number of rotatable bonds is 7. The van der Waals surface area contributed by atoms with E-state index >= 15 is 0 Å². The molecule has 0 spiro atoms. The molecule has 0 aliphatic carbocycles. The lowest BCUT2D eigenvalue weighted by molar-refractivity contribution is -0.137. The number of benzene rings is 1. The summed E-state index contributed by atoms with van der Waals surface area (Å²) in [5.74, 6) is 0.546. The fourth-order valence-corrected chi connectivity index (χ4v) is 2.38. The van der Waals surface area contributed by atoms with Crippen molar-refractivity contribution in [1.82, 2.24) is 15.5 Å². The van der Waals surface area contributed by atoms with Crippen molar-refractivity contribution in [3.8, 4) is 11.4 Å². The van der Waals surface area contributed by atoms with Crippen molar-refractivity contribution in [2.24, 2.45) is 5.92 Å². The van der Waals surface area contributed by atoms with Crippen molar-refractivity contribution in [2.45, 2.75) is 45.5 Å². The summed E-state index contributed by atoms with van der Waals surface area (Å²) in [5.41, 5.74) is -0.523. The summed E-state index contributed by atoms with van der Waals surface area (Å²) in [6.45, 7) is 6.00. The number of nitrogens with zero attached hydrogens (tertiary/aromatic N) is 2. The second kappa shape index (κ2) is 7.97. The predicted octanol–water partition coefficient (Wildman–Crippen LogP) is 3.81. The third kappa shape index (κ3) is 5.02. The Bertz CT molecular complexity index is 686. The summed E-state index contributed by atoms with van der Waals surface area (Å²) in [6, 6.07) is 4.52. The normalized spacial score (nSPS) is 15.8. The average molecular weight is 357 g/mol. The largest absolute Gasteiger partial charge is 0.416 e. The molecule has 0 bridgehead atoms. The minimum absolute atomic E-state index is 0.105. The van der Waals surface area contributed by atoms with Gasteiger partial charge < -0.3 is 14.9 Å². The minimum atomic E-state index is -4.43. The number of hydrogen-bond acceptors (Lipinski definition) is 5. The van der Waals surface area contributed by atoms with Gasteiger partial charge in [0.05, 0.1) is 17.7 Å². The van der Waals surface area contributed by atoms with Crippen molar-refractivity contribution in [3.63, 3.8) is 0 Å². The van der Waals surface area contributed by atoms with Crippen LogP contribution >= 0.6 is 0 Å². The lowest BCUT2D eigenvalue weighted by atomic mass is 9.99. The Morgan fingerprint density at radius 1 is 1.28 bits per heavy atom. The summed E-state index contributed by atoms with van der Waals surface area (Å²) in [4.78, 5) is 4.26. The fourth-order valence-electron chi connectivity index (χ4n) is 2.38. The molecule has 2 N–H and O–H groups in total. The smallest absolute Gasteiger partial charge is 0.392 e. The van der Waals surface area contributed by atoms with Gasteiger partial charge in [0.1, 0.15) is 0 Å². The Morgan fingerprint density at radius 3 is 2.60 bits per heavy atom. The lowest BCUT2D eigenvalue weighted by Gasteiger charge is -2.21. The van der Waals surface area contributed by atoms with Gasteiger partial charge in [-0.25, -0.2) is 0 Å². The standard InChI is InChI=1S/C17H22F3N3O2/c1-4-10(2)14(21-9-11(3)24)16-22-15(23-25-16)12-6-5-7-13(8-12)17(18,19)20/h5-8,10-11,14,21,24H,4,9H2,1-3H3. The molecular formula is C17H22F3N3O2. The molecule has 8 heteroatoms.